The van der Waals surface area contributed by atoms with E-state index in [1.165, 1.54) is 28.6 Å². The molecule has 1 aliphatic rings. The molecule has 0 saturated heterocycles. The van der Waals surface area contributed by atoms with E-state index in [1.54, 1.807) is 11.3 Å². The number of thioether (sulfide) groups is 1. The molecule has 0 fully saturated rings. The van der Waals surface area contributed by atoms with Crippen LogP contribution in [-0.2, 0) is 23.4 Å². The Labute approximate surface area is 155 Å². The smallest absolute Gasteiger partial charge is 0.259 e. The summed E-state index contributed by atoms with van der Waals surface area (Å²) in [4.78, 5) is 33.9. The van der Waals surface area contributed by atoms with Crippen molar-refractivity contribution in [1.29, 1.82) is 0 Å². The highest BCUT2D eigenvalue weighted by Gasteiger charge is 2.19. The van der Waals surface area contributed by atoms with Crippen LogP contribution in [-0.4, -0.2) is 41.8 Å². The summed E-state index contributed by atoms with van der Waals surface area (Å²) in [6.45, 7) is 1.57. The van der Waals surface area contributed by atoms with Crippen LogP contribution in [0.1, 0.15) is 35.5 Å². The third-order valence-corrected chi connectivity index (χ3v) is 6.40. The largest absolute Gasteiger partial charge is 0.355 e. The summed E-state index contributed by atoms with van der Waals surface area (Å²) >= 11 is 3.13. The molecule has 0 saturated carbocycles. The van der Waals surface area contributed by atoms with Crippen molar-refractivity contribution in [1.82, 2.24) is 20.6 Å². The van der Waals surface area contributed by atoms with Crippen LogP contribution in [0.25, 0.3) is 10.2 Å². The number of nitrogens with zero attached hydrogens (tertiary/aromatic N) is 1. The van der Waals surface area contributed by atoms with Gasteiger partial charge in [0.15, 0.2) is 0 Å². The molecular weight excluding hydrogens is 356 g/mol. The van der Waals surface area contributed by atoms with Crippen LogP contribution >= 0.6 is 23.1 Å². The van der Waals surface area contributed by atoms with Crippen molar-refractivity contribution in [2.75, 3.05) is 25.9 Å². The fraction of sp³-hybridized carbons (Fsp3) is 0.588. The zero-order valence-corrected chi connectivity index (χ0v) is 16.1. The van der Waals surface area contributed by atoms with Crippen molar-refractivity contribution in [2.45, 2.75) is 37.9 Å². The zero-order valence-electron chi connectivity index (χ0n) is 14.4. The molecule has 2 aromatic rings. The number of H-pyrrole nitrogens is 1. The van der Waals surface area contributed by atoms with Gasteiger partial charge in [0.25, 0.3) is 5.56 Å². The van der Waals surface area contributed by atoms with Crippen LogP contribution in [0.4, 0.5) is 0 Å². The van der Waals surface area contributed by atoms with Crippen molar-refractivity contribution in [3.63, 3.8) is 0 Å². The summed E-state index contributed by atoms with van der Waals surface area (Å²) in [5.74, 6) is 1.60. The van der Waals surface area contributed by atoms with Crippen molar-refractivity contribution in [3.05, 3.63) is 26.6 Å². The van der Waals surface area contributed by atoms with E-state index in [2.05, 4.69) is 20.6 Å². The number of carbonyl (C=O) groups is 1. The summed E-state index contributed by atoms with van der Waals surface area (Å²) in [6, 6.07) is 0. The molecule has 0 aliphatic heterocycles. The van der Waals surface area contributed by atoms with Crippen molar-refractivity contribution < 1.29 is 4.79 Å². The first-order valence-electron chi connectivity index (χ1n) is 8.71. The normalized spacial score (nSPS) is 13.8. The lowest BCUT2D eigenvalue weighted by Gasteiger charge is -2.09. The second-order valence-electron chi connectivity index (χ2n) is 6.20. The quantitative estimate of drug-likeness (QED) is 0.608. The van der Waals surface area contributed by atoms with Crippen LogP contribution in [0.15, 0.2) is 4.79 Å². The highest BCUT2D eigenvalue weighted by atomic mass is 32.2. The van der Waals surface area contributed by atoms with Gasteiger partial charge in [-0.05, 0) is 51.3 Å². The predicted molar refractivity (Wildman–Crippen MR) is 105 cm³/mol. The first-order chi connectivity index (χ1) is 12.2. The molecule has 0 atom stereocenters. The van der Waals surface area contributed by atoms with Crippen LogP contribution in [0, 0.1) is 0 Å². The molecular formula is C17H24N4O2S2. The Balaban J connectivity index is 1.57. The molecule has 3 rings (SSSR count). The van der Waals surface area contributed by atoms with Gasteiger partial charge in [0.2, 0.25) is 5.91 Å². The van der Waals surface area contributed by atoms with E-state index in [4.69, 9.17) is 0 Å². The van der Waals surface area contributed by atoms with Gasteiger partial charge in [0, 0.05) is 11.4 Å². The number of thiophene rings is 1. The minimum Gasteiger partial charge on any atom is -0.355 e. The number of nitrogens with one attached hydrogen (secondary N) is 3. The van der Waals surface area contributed by atoms with Gasteiger partial charge in [-0.25, -0.2) is 4.98 Å². The minimum atomic E-state index is -0.0310. The highest BCUT2D eigenvalue weighted by Crippen LogP contribution is 2.33. The van der Waals surface area contributed by atoms with Crippen molar-refractivity contribution in [2.24, 2.45) is 0 Å². The Morgan fingerprint density at radius 2 is 2.16 bits per heavy atom. The fourth-order valence-corrected chi connectivity index (χ4v) is 5.06. The molecule has 6 nitrogen and oxygen atoms in total. The molecule has 1 aliphatic carbocycles. The molecule has 0 unspecified atom stereocenters. The third kappa shape index (κ3) is 4.62. The average Bonchev–Trinajstić information content (AvgIpc) is 2.97. The molecule has 0 radical (unpaired) electrons. The number of hydrogen-bond acceptors (Lipinski definition) is 6. The van der Waals surface area contributed by atoms with Gasteiger partial charge >= 0.3 is 0 Å². The van der Waals surface area contributed by atoms with E-state index in [0.29, 0.717) is 23.9 Å². The van der Waals surface area contributed by atoms with Crippen molar-refractivity contribution in [3.8, 4) is 0 Å². The van der Waals surface area contributed by atoms with Crippen LogP contribution in [0.2, 0.25) is 0 Å². The highest BCUT2D eigenvalue weighted by molar-refractivity contribution is 7.99. The number of aromatic nitrogens is 2. The number of aryl methyl sites for hydroxylation is 2. The number of fused-ring (bicyclic) bond motifs is 3. The molecule has 8 heteroatoms. The summed E-state index contributed by atoms with van der Waals surface area (Å²) in [5.41, 5.74) is 1.18. The van der Waals surface area contributed by atoms with Gasteiger partial charge in [0.05, 0.1) is 16.9 Å². The van der Waals surface area contributed by atoms with Crippen LogP contribution in [0.5, 0.6) is 0 Å². The lowest BCUT2D eigenvalue weighted by atomic mass is 9.97. The maximum Gasteiger partial charge on any atom is 0.259 e. The topological polar surface area (TPSA) is 86.9 Å². The number of hydrogen-bond donors (Lipinski definition) is 3. The maximum atomic E-state index is 12.4. The maximum absolute atomic E-state index is 12.4. The van der Waals surface area contributed by atoms with E-state index >= 15 is 0 Å². The molecule has 3 N–H and O–H groups in total. The number of aromatic amines is 1. The molecule has 136 valence electrons. The molecule has 0 bridgehead atoms. The van der Waals surface area contributed by atoms with Crippen LogP contribution < -0.4 is 16.2 Å². The van der Waals surface area contributed by atoms with Gasteiger partial charge in [-0.2, -0.15) is 0 Å². The Hall–Kier alpha value is -1.38. The predicted octanol–water partition coefficient (Wildman–Crippen LogP) is 1.82. The number of carbonyl (C=O) groups excluding carboxylic acids is 1. The Morgan fingerprint density at radius 3 is 3.00 bits per heavy atom. The number of amides is 1. The van der Waals surface area contributed by atoms with Gasteiger partial charge in [-0.3, -0.25) is 9.59 Å². The summed E-state index contributed by atoms with van der Waals surface area (Å²) < 4.78 is 0. The second kappa shape index (κ2) is 8.82. The van der Waals surface area contributed by atoms with Crippen LogP contribution in [0.3, 0.4) is 0 Å². The van der Waals surface area contributed by atoms with Gasteiger partial charge in [-0.1, -0.05) is 0 Å². The minimum absolute atomic E-state index is 0.0242. The summed E-state index contributed by atoms with van der Waals surface area (Å²) in [5, 5.41) is 6.72. The van der Waals surface area contributed by atoms with E-state index in [-0.39, 0.29) is 11.5 Å². The molecule has 2 aromatic heterocycles. The molecule has 0 aromatic carbocycles. The van der Waals surface area contributed by atoms with Crippen molar-refractivity contribution >= 4 is 39.2 Å². The third-order valence-electron chi connectivity index (χ3n) is 4.27. The van der Waals surface area contributed by atoms with Gasteiger partial charge < -0.3 is 15.6 Å². The Morgan fingerprint density at radius 1 is 1.32 bits per heavy atom. The molecule has 0 spiro atoms. The monoisotopic (exact) mass is 380 g/mol. The first kappa shape index (κ1) is 18.4. The molecule has 25 heavy (non-hydrogen) atoms. The SMILES string of the molecule is CNCCCNC(=O)CSCc1nc2sc3c(c2c(=O)[nH]1)CCCC3. The van der Waals surface area contributed by atoms with Gasteiger partial charge in [-0.15, -0.1) is 23.1 Å². The Bertz CT molecular complexity index is 800. The zero-order chi connectivity index (χ0) is 17.6. The molecule has 1 amide bonds. The number of rotatable bonds is 8. The van der Waals surface area contributed by atoms with E-state index < -0.39 is 0 Å². The fourth-order valence-electron chi connectivity index (χ4n) is 3.06. The van der Waals surface area contributed by atoms with Gasteiger partial charge in [0.1, 0.15) is 10.7 Å². The molecule has 2 heterocycles. The average molecular weight is 381 g/mol. The van der Waals surface area contributed by atoms with E-state index in [9.17, 15) is 9.59 Å². The lowest BCUT2D eigenvalue weighted by Crippen LogP contribution is -2.28. The lowest BCUT2D eigenvalue weighted by molar-refractivity contribution is -0.118. The van der Waals surface area contributed by atoms with E-state index in [1.807, 2.05) is 7.05 Å². The Kier molecular flexibility index (Phi) is 6.50. The summed E-state index contributed by atoms with van der Waals surface area (Å²) in [7, 11) is 1.90. The van der Waals surface area contributed by atoms with E-state index in [0.717, 1.165) is 42.4 Å². The standard InChI is InChI=1S/C17H24N4O2S2/c1-18-7-4-8-19-14(22)10-24-9-13-20-16(23)15-11-5-2-3-6-12(11)25-17(15)21-13/h18H,2-10H2,1H3,(H,19,22)(H,20,21,23). The first-order valence-corrected chi connectivity index (χ1v) is 10.7. The summed E-state index contributed by atoms with van der Waals surface area (Å²) in [6.07, 6.45) is 5.32. The second-order valence-corrected chi connectivity index (χ2v) is 8.27.